The molecule has 0 fully saturated rings. The van der Waals surface area contributed by atoms with E-state index in [9.17, 15) is 34.1 Å². The molecule has 11 nitrogen and oxygen atoms in total. The Bertz CT molecular complexity index is 1180. The largest absolute Gasteiger partial charge is 0.480 e. The van der Waals surface area contributed by atoms with Crippen LogP contribution in [0, 0.1) is 0 Å². The van der Waals surface area contributed by atoms with Gasteiger partial charge in [-0.25, -0.2) is 9.36 Å². The van der Waals surface area contributed by atoms with Gasteiger partial charge >= 0.3 is 19.8 Å². The van der Waals surface area contributed by atoms with Gasteiger partial charge in [0.25, 0.3) is 0 Å². The summed E-state index contributed by atoms with van der Waals surface area (Å²) in [5.74, 6) is -2.36. The van der Waals surface area contributed by atoms with Crippen LogP contribution in [-0.2, 0) is 32.7 Å². The van der Waals surface area contributed by atoms with Crippen molar-refractivity contribution in [2.75, 3.05) is 19.8 Å². The van der Waals surface area contributed by atoms with Crippen molar-refractivity contribution in [3.63, 3.8) is 0 Å². The molecule has 0 saturated heterocycles. The molecule has 0 aromatic carbocycles. The van der Waals surface area contributed by atoms with Crippen molar-refractivity contribution in [2.45, 2.75) is 270 Å². The fourth-order valence-corrected chi connectivity index (χ4v) is 8.41. The summed E-state index contributed by atoms with van der Waals surface area (Å²) in [7, 11) is -4.76. The van der Waals surface area contributed by atoms with E-state index in [0.29, 0.717) is 12.8 Å². The molecule has 0 aromatic rings. The summed E-state index contributed by atoms with van der Waals surface area (Å²) >= 11 is 0. The monoisotopic (exact) mass is 928 g/mol. The summed E-state index contributed by atoms with van der Waals surface area (Å²) in [6.45, 7) is 2.61. The van der Waals surface area contributed by atoms with Crippen LogP contribution in [0.2, 0.25) is 0 Å². The smallest absolute Gasteiger partial charge is 0.472 e. The number of esters is 1. The van der Waals surface area contributed by atoms with Crippen LogP contribution in [0.25, 0.3) is 0 Å². The van der Waals surface area contributed by atoms with Crippen LogP contribution in [0.3, 0.4) is 0 Å². The van der Waals surface area contributed by atoms with E-state index in [1.807, 2.05) is 0 Å². The van der Waals surface area contributed by atoms with Gasteiger partial charge in [-0.2, -0.15) is 0 Å². The number of phosphoric ester groups is 1. The number of nitrogens with one attached hydrogen (secondary N) is 1. The lowest BCUT2D eigenvalue weighted by atomic mass is 10.0. The predicted octanol–water partition coefficient (Wildman–Crippen LogP) is 14.6. The Labute approximate surface area is 391 Å². The Morgan fingerprint density at radius 2 is 0.859 bits per heavy atom. The maximum absolute atomic E-state index is 12.4. The third-order valence-electron chi connectivity index (χ3n) is 11.7. The number of aliphatic hydroxyl groups is 1. The van der Waals surface area contributed by atoms with Crippen LogP contribution in [0.1, 0.15) is 258 Å². The summed E-state index contributed by atoms with van der Waals surface area (Å²) in [6, 6.07) is -1.54. The summed E-state index contributed by atoms with van der Waals surface area (Å²) < 4.78 is 27.0. The average molecular weight is 928 g/mol. The van der Waals surface area contributed by atoms with Crippen molar-refractivity contribution in [2.24, 2.45) is 0 Å². The van der Waals surface area contributed by atoms with E-state index in [1.165, 1.54) is 167 Å². The first-order valence-corrected chi connectivity index (χ1v) is 27.9. The highest BCUT2D eigenvalue weighted by atomic mass is 31.2. The maximum atomic E-state index is 12.4. The number of rotatable bonds is 50. The minimum atomic E-state index is -4.76. The van der Waals surface area contributed by atoms with Gasteiger partial charge in [0.05, 0.1) is 13.2 Å². The molecule has 0 heterocycles. The number of unbranched alkanes of at least 4 members (excludes halogenated alkanes) is 32. The highest BCUT2D eigenvalue weighted by Crippen LogP contribution is 2.43. The van der Waals surface area contributed by atoms with Crippen molar-refractivity contribution in [1.29, 1.82) is 0 Å². The van der Waals surface area contributed by atoms with E-state index < -0.39 is 57.6 Å². The first-order valence-electron chi connectivity index (χ1n) is 26.4. The molecular weight excluding hydrogens is 830 g/mol. The Morgan fingerprint density at radius 1 is 0.500 bits per heavy atom. The summed E-state index contributed by atoms with van der Waals surface area (Å²) in [5.41, 5.74) is 0. The second-order valence-corrected chi connectivity index (χ2v) is 19.5. The SMILES string of the molecule is CCCCC/C=C\C/C=C\CCCCCCCCCC(=O)OCC(O)COP(=O)(O)OCC(NC(=O)CCCCCCCCCCCCCCCCCCCCCCCCC)C(=O)O. The molecule has 0 spiro atoms. The number of hydrogen-bond donors (Lipinski definition) is 4. The number of aliphatic hydroxyl groups excluding tert-OH is 1. The number of carboxylic acid groups (broad SMARTS) is 1. The third kappa shape index (κ3) is 46.5. The van der Waals surface area contributed by atoms with Gasteiger partial charge in [-0.15, -0.1) is 0 Å². The quantitative estimate of drug-likeness (QED) is 0.0199. The van der Waals surface area contributed by atoms with Crippen LogP contribution in [-0.4, -0.2) is 64.9 Å². The second-order valence-electron chi connectivity index (χ2n) is 18.1. The van der Waals surface area contributed by atoms with E-state index >= 15 is 0 Å². The highest BCUT2D eigenvalue weighted by molar-refractivity contribution is 7.47. The van der Waals surface area contributed by atoms with Crippen molar-refractivity contribution >= 4 is 25.7 Å². The van der Waals surface area contributed by atoms with Crippen LogP contribution >= 0.6 is 7.82 Å². The van der Waals surface area contributed by atoms with Gasteiger partial charge in [-0.3, -0.25) is 18.6 Å². The lowest BCUT2D eigenvalue weighted by Crippen LogP contribution is -2.43. The van der Waals surface area contributed by atoms with Crippen LogP contribution < -0.4 is 5.32 Å². The van der Waals surface area contributed by atoms with Gasteiger partial charge in [-0.1, -0.05) is 224 Å². The number of carbonyl (C=O) groups is 3. The number of hydrogen-bond acceptors (Lipinski definition) is 8. The lowest BCUT2D eigenvalue weighted by Gasteiger charge is -2.18. The van der Waals surface area contributed by atoms with Crippen LogP contribution in [0.5, 0.6) is 0 Å². The Balaban J connectivity index is 3.79. The van der Waals surface area contributed by atoms with Gasteiger partial charge in [0, 0.05) is 12.8 Å². The van der Waals surface area contributed by atoms with Crippen molar-refractivity contribution < 1.29 is 47.8 Å². The Kier molecular flexibility index (Phi) is 45.9. The first kappa shape index (κ1) is 62.0. The molecule has 0 rings (SSSR count). The van der Waals surface area contributed by atoms with E-state index in [2.05, 4.69) is 43.5 Å². The number of carboxylic acids is 1. The molecule has 0 aliphatic carbocycles. The van der Waals surface area contributed by atoms with Gasteiger partial charge in [0.1, 0.15) is 12.7 Å². The topological polar surface area (TPSA) is 169 Å². The molecule has 4 N–H and O–H groups in total. The first-order chi connectivity index (χ1) is 31.1. The Hall–Kier alpha value is -2.04. The van der Waals surface area contributed by atoms with Gasteiger partial charge in [0.15, 0.2) is 6.04 Å². The summed E-state index contributed by atoms with van der Waals surface area (Å²) in [6.07, 6.45) is 52.0. The predicted molar refractivity (Wildman–Crippen MR) is 263 cm³/mol. The molecular formula is C52H98NO10P. The van der Waals surface area contributed by atoms with Crippen LogP contribution in [0.4, 0.5) is 0 Å². The number of carbonyl (C=O) groups excluding carboxylic acids is 2. The zero-order valence-electron chi connectivity index (χ0n) is 41.1. The van der Waals surface area contributed by atoms with Crippen LogP contribution in [0.15, 0.2) is 24.3 Å². The number of ether oxygens (including phenoxy) is 1. The molecule has 3 atom stereocenters. The summed E-state index contributed by atoms with van der Waals surface area (Å²) in [4.78, 5) is 46.1. The molecule has 0 aliphatic rings. The fraction of sp³-hybridized carbons (Fsp3) is 0.865. The number of amides is 1. The van der Waals surface area contributed by atoms with Crippen molar-refractivity contribution in [3.8, 4) is 0 Å². The standard InChI is InChI=1S/C52H98NO10P/c1-3-5-7-9-11-13-15-17-19-21-22-23-24-25-26-28-29-31-33-35-37-39-41-43-50(55)53-49(52(57)58)47-63-64(59,60)62-46-48(54)45-61-51(56)44-42-40-38-36-34-32-30-27-20-18-16-14-12-10-8-6-4-2/h12,14,18,20,48-49,54H,3-11,13,15-17,19,21-47H2,1-2H3,(H,53,55)(H,57,58)(H,59,60)/b14-12-,20-18-. The third-order valence-corrected chi connectivity index (χ3v) is 12.7. The Morgan fingerprint density at radius 3 is 1.30 bits per heavy atom. The minimum absolute atomic E-state index is 0.150. The average Bonchev–Trinajstić information content (AvgIpc) is 3.27. The molecule has 12 heteroatoms. The molecule has 376 valence electrons. The molecule has 0 saturated carbocycles. The van der Waals surface area contributed by atoms with Crippen molar-refractivity contribution in [1.82, 2.24) is 5.32 Å². The fourth-order valence-electron chi connectivity index (χ4n) is 7.64. The molecule has 0 bridgehead atoms. The maximum Gasteiger partial charge on any atom is 0.472 e. The molecule has 64 heavy (non-hydrogen) atoms. The van der Waals surface area contributed by atoms with Crippen molar-refractivity contribution in [3.05, 3.63) is 24.3 Å². The number of allylic oxidation sites excluding steroid dienone is 4. The van der Waals surface area contributed by atoms with Gasteiger partial charge < -0.3 is 25.2 Å². The lowest BCUT2D eigenvalue weighted by molar-refractivity contribution is -0.147. The minimum Gasteiger partial charge on any atom is -0.480 e. The zero-order valence-corrected chi connectivity index (χ0v) is 42.0. The number of phosphoric acid groups is 1. The normalized spacial score (nSPS) is 13.7. The molecule has 3 unspecified atom stereocenters. The van der Waals surface area contributed by atoms with E-state index in [0.717, 1.165) is 51.4 Å². The number of aliphatic carboxylic acids is 1. The van der Waals surface area contributed by atoms with E-state index in [-0.39, 0.29) is 12.8 Å². The van der Waals surface area contributed by atoms with Gasteiger partial charge in [-0.05, 0) is 44.9 Å². The molecule has 0 radical (unpaired) electrons. The van der Waals surface area contributed by atoms with Gasteiger partial charge in [0.2, 0.25) is 5.91 Å². The molecule has 0 aromatic heterocycles. The molecule has 0 aliphatic heterocycles. The molecule has 1 amide bonds. The second kappa shape index (κ2) is 47.5. The zero-order chi connectivity index (χ0) is 47.0. The van der Waals surface area contributed by atoms with E-state index in [1.54, 1.807) is 0 Å². The highest BCUT2D eigenvalue weighted by Gasteiger charge is 2.28. The van der Waals surface area contributed by atoms with E-state index in [4.69, 9.17) is 13.8 Å². The summed E-state index contributed by atoms with van der Waals surface area (Å²) in [5, 5.41) is 21.9.